The number of unbranched alkanes of at least 4 members (excludes halogenated alkanes) is 1. The normalized spacial score (nSPS) is 12.1. The number of nitrogens with one attached hydrogen (secondary N) is 1. The van der Waals surface area contributed by atoms with Crippen LogP contribution in [0.4, 0.5) is 0 Å². The lowest BCUT2D eigenvalue weighted by Gasteiger charge is -2.11. The number of carbonyl (C=O) groups is 2. The van der Waals surface area contributed by atoms with Crippen LogP contribution in [0.1, 0.15) is 25.7 Å². The van der Waals surface area contributed by atoms with Crippen molar-refractivity contribution in [1.29, 1.82) is 0 Å². The lowest BCUT2D eigenvalue weighted by molar-refractivity contribution is -0.122. The molecule has 0 aromatic carbocycles. The van der Waals surface area contributed by atoms with Gasteiger partial charge in [0.05, 0.1) is 6.04 Å². The fourth-order valence-electron chi connectivity index (χ4n) is 1.08. The zero-order valence-electron chi connectivity index (χ0n) is 8.87. The van der Waals surface area contributed by atoms with Gasteiger partial charge in [-0.05, 0) is 19.4 Å². The first-order chi connectivity index (χ1) is 7.07. The van der Waals surface area contributed by atoms with Gasteiger partial charge in [0.1, 0.15) is 0 Å². The van der Waals surface area contributed by atoms with Gasteiger partial charge in [-0.3, -0.25) is 9.59 Å². The number of carbonyl (C=O) groups excluding carboxylic acids is 2. The predicted molar refractivity (Wildman–Crippen MR) is 57.7 cm³/mol. The molecule has 0 unspecified atom stereocenters. The van der Waals surface area contributed by atoms with Crippen LogP contribution >= 0.6 is 0 Å². The average molecular weight is 216 g/mol. The van der Waals surface area contributed by atoms with Gasteiger partial charge < -0.3 is 22.5 Å². The largest absolute Gasteiger partial charge is 0.370 e. The first kappa shape index (κ1) is 13.9. The number of hydrogen-bond acceptors (Lipinski definition) is 4. The monoisotopic (exact) mass is 216 g/mol. The Hall–Kier alpha value is -1.14. The van der Waals surface area contributed by atoms with Crippen molar-refractivity contribution < 1.29 is 9.59 Å². The van der Waals surface area contributed by atoms with Gasteiger partial charge in [-0.15, -0.1) is 0 Å². The second-order valence-electron chi connectivity index (χ2n) is 3.40. The lowest BCUT2D eigenvalue weighted by atomic mass is 10.1. The minimum atomic E-state index is -0.524. The third-order valence-electron chi connectivity index (χ3n) is 1.98. The van der Waals surface area contributed by atoms with Crippen LogP contribution in [0.2, 0.25) is 0 Å². The van der Waals surface area contributed by atoms with Crippen LogP contribution in [0.5, 0.6) is 0 Å². The second kappa shape index (κ2) is 8.19. The fourth-order valence-corrected chi connectivity index (χ4v) is 1.08. The molecule has 6 heteroatoms. The van der Waals surface area contributed by atoms with Crippen LogP contribution in [0.3, 0.4) is 0 Å². The van der Waals surface area contributed by atoms with Crippen molar-refractivity contribution in [2.24, 2.45) is 17.2 Å². The van der Waals surface area contributed by atoms with Crippen molar-refractivity contribution in [2.75, 3.05) is 13.1 Å². The summed E-state index contributed by atoms with van der Waals surface area (Å²) in [4.78, 5) is 21.7. The summed E-state index contributed by atoms with van der Waals surface area (Å²) in [6.45, 7) is 0.856. The molecule has 0 aliphatic heterocycles. The molecule has 88 valence electrons. The Morgan fingerprint density at radius 2 is 1.93 bits per heavy atom. The molecule has 0 heterocycles. The molecule has 0 aliphatic rings. The Balaban J connectivity index is 3.55. The van der Waals surface area contributed by atoms with E-state index in [0.717, 1.165) is 12.8 Å². The summed E-state index contributed by atoms with van der Waals surface area (Å²) < 4.78 is 0. The number of hydrogen-bond donors (Lipinski definition) is 4. The number of nitrogens with two attached hydrogens (primary N) is 3. The van der Waals surface area contributed by atoms with Crippen LogP contribution < -0.4 is 22.5 Å². The van der Waals surface area contributed by atoms with Crippen LogP contribution in [-0.2, 0) is 9.59 Å². The molecule has 6 nitrogen and oxygen atoms in total. The Labute approximate surface area is 89.6 Å². The van der Waals surface area contributed by atoms with Crippen LogP contribution in [0, 0.1) is 0 Å². The summed E-state index contributed by atoms with van der Waals surface area (Å²) >= 11 is 0. The quantitative estimate of drug-likeness (QED) is 0.366. The van der Waals surface area contributed by atoms with Gasteiger partial charge in [0.2, 0.25) is 11.8 Å². The number of amides is 2. The topological polar surface area (TPSA) is 124 Å². The smallest absolute Gasteiger partial charge is 0.236 e. The van der Waals surface area contributed by atoms with Crippen molar-refractivity contribution >= 4 is 11.8 Å². The van der Waals surface area contributed by atoms with E-state index in [2.05, 4.69) is 5.32 Å². The van der Waals surface area contributed by atoms with E-state index in [1.165, 1.54) is 0 Å². The van der Waals surface area contributed by atoms with Crippen LogP contribution in [0.25, 0.3) is 0 Å². The molecule has 0 saturated heterocycles. The van der Waals surface area contributed by atoms with E-state index in [1.54, 1.807) is 0 Å². The Kier molecular flexibility index (Phi) is 7.57. The van der Waals surface area contributed by atoms with Gasteiger partial charge in [0.25, 0.3) is 0 Å². The first-order valence-electron chi connectivity index (χ1n) is 5.09. The molecule has 0 aromatic heterocycles. The maximum Gasteiger partial charge on any atom is 0.236 e. The molecule has 0 fully saturated rings. The highest BCUT2D eigenvalue weighted by atomic mass is 16.2. The van der Waals surface area contributed by atoms with Crippen molar-refractivity contribution in [3.05, 3.63) is 0 Å². The third kappa shape index (κ3) is 7.90. The Morgan fingerprint density at radius 1 is 1.27 bits per heavy atom. The van der Waals surface area contributed by atoms with Crippen molar-refractivity contribution in [3.8, 4) is 0 Å². The molecular formula is C9H20N4O2. The summed E-state index contributed by atoms with van der Waals surface area (Å²) in [5.41, 5.74) is 15.8. The molecule has 0 aliphatic carbocycles. The standard InChI is InChI=1S/C9H20N4O2/c10-5-2-1-3-7(11)9(15)13-6-4-8(12)14/h7H,1-6,10-11H2,(H2,12,14)(H,13,15)/t7-/m1/s1. The van der Waals surface area contributed by atoms with Gasteiger partial charge in [-0.1, -0.05) is 6.42 Å². The summed E-state index contributed by atoms with van der Waals surface area (Å²) in [5, 5.41) is 2.54. The minimum absolute atomic E-state index is 0.140. The van der Waals surface area contributed by atoms with Crippen LogP contribution in [0.15, 0.2) is 0 Å². The van der Waals surface area contributed by atoms with Gasteiger partial charge in [-0.25, -0.2) is 0 Å². The second-order valence-corrected chi connectivity index (χ2v) is 3.40. The van der Waals surface area contributed by atoms with Gasteiger partial charge in [0, 0.05) is 13.0 Å². The molecule has 2 amide bonds. The van der Waals surface area contributed by atoms with E-state index in [4.69, 9.17) is 17.2 Å². The molecule has 0 aromatic rings. The maximum absolute atomic E-state index is 11.3. The molecule has 0 rings (SSSR count). The predicted octanol–water partition coefficient (Wildman–Crippen LogP) is -1.57. The molecule has 0 saturated carbocycles. The van der Waals surface area contributed by atoms with Gasteiger partial charge in [-0.2, -0.15) is 0 Å². The summed E-state index contributed by atoms with van der Waals surface area (Å²) in [6, 6.07) is -0.524. The number of primary amides is 1. The van der Waals surface area contributed by atoms with Crippen molar-refractivity contribution in [1.82, 2.24) is 5.32 Å². The summed E-state index contributed by atoms with van der Waals surface area (Å²) in [7, 11) is 0. The zero-order chi connectivity index (χ0) is 11.7. The highest BCUT2D eigenvalue weighted by molar-refractivity contribution is 5.82. The Morgan fingerprint density at radius 3 is 2.47 bits per heavy atom. The molecule has 0 radical (unpaired) electrons. The van der Waals surface area contributed by atoms with E-state index >= 15 is 0 Å². The molecule has 0 spiro atoms. The summed E-state index contributed by atoms with van der Waals surface area (Å²) in [6.07, 6.45) is 2.45. The SMILES string of the molecule is NCCCC[C@@H](N)C(=O)NCCC(N)=O. The van der Waals surface area contributed by atoms with Gasteiger partial charge >= 0.3 is 0 Å². The fraction of sp³-hybridized carbons (Fsp3) is 0.778. The zero-order valence-corrected chi connectivity index (χ0v) is 8.87. The molecule has 15 heavy (non-hydrogen) atoms. The van der Waals surface area contributed by atoms with E-state index in [0.29, 0.717) is 13.0 Å². The maximum atomic E-state index is 11.3. The van der Waals surface area contributed by atoms with Crippen molar-refractivity contribution in [3.63, 3.8) is 0 Å². The summed E-state index contributed by atoms with van der Waals surface area (Å²) in [5.74, 6) is -0.680. The Bertz CT molecular complexity index is 208. The van der Waals surface area contributed by atoms with Crippen molar-refractivity contribution in [2.45, 2.75) is 31.7 Å². The molecule has 0 bridgehead atoms. The highest BCUT2D eigenvalue weighted by Crippen LogP contribution is 1.97. The number of rotatable bonds is 8. The van der Waals surface area contributed by atoms with E-state index in [9.17, 15) is 9.59 Å². The lowest BCUT2D eigenvalue weighted by Crippen LogP contribution is -2.41. The highest BCUT2D eigenvalue weighted by Gasteiger charge is 2.11. The van der Waals surface area contributed by atoms with Crippen LogP contribution in [-0.4, -0.2) is 30.9 Å². The van der Waals surface area contributed by atoms with Gasteiger partial charge in [0.15, 0.2) is 0 Å². The van der Waals surface area contributed by atoms with E-state index in [-0.39, 0.29) is 18.9 Å². The molecule has 1 atom stereocenters. The third-order valence-corrected chi connectivity index (χ3v) is 1.98. The minimum Gasteiger partial charge on any atom is -0.370 e. The van der Waals surface area contributed by atoms with E-state index in [1.807, 2.05) is 0 Å². The van der Waals surface area contributed by atoms with E-state index < -0.39 is 11.9 Å². The molecular weight excluding hydrogens is 196 g/mol. The first-order valence-corrected chi connectivity index (χ1v) is 5.09. The average Bonchev–Trinajstić information content (AvgIpc) is 2.17. The molecule has 7 N–H and O–H groups in total.